The van der Waals surface area contributed by atoms with Crippen LogP contribution in [0.15, 0.2) is 22.7 Å². The van der Waals surface area contributed by atoms with E-state index in [9.17, 15) is 4.79 Å². The summed E-state index contributed by atoms with van der Waals surface area (Å²) in [6.45, 7) is 0. The van der Waals surface area contributed by atoms with Gasteiger partial charge in [0.2, 0.25) is 5.91 Å². The predicted octanol–water partition coefficient (Wildman–Crippen LogP) is 2.62. The zero-order chi connectivity index (χ0) is 13.8. The van der Waals surface area contributed by atoms with Gasteiger partial charge in [0.15, 0.2) is 0 Å². The number of halogens is 1. The molecule has 0 bridgehead atoms. The van der Waals surface area contributed by atoms with Gasteiger partial charge in [-0.3, -0.25) is 4.79 Å². The van der Waals surface area contributed by atoms with Crippen LogP contribution < -0.4 is 16.8 Å². The Morgan fingerprint density at radius 3 is 2.68 bits per heavy atom. The van der Waals surface area contributed by atoms with E-state index in [2.05, 4.69) is 21.2 Å². The first-order valence-corrected chi connectivity index (χ1v) is 7.48. The van der Waals surface area contributed by atoms with Gasteiger partial charge in [0, 0.05) is 27.8 Å². The lowest BCUT2D eigenvalue weighted by Crippen LogP contribution is -2.39. The summed E-state index contributed by atoms with van der Waals surface area (Å²) in [7, 11) is 0. The Labute approximate surface area is 122 Å². The Balaban J connectivity index is 2.11. The summed E-state index contributed by atoms with van der Waals surface area (Å²) in [5, 5.41) is 3.48. The second-order valence-electron chi connectivity index (χ2n) is 5.11. The number of rotatable bonds is 3. The summed E-state index contributed by atoms with van der Waals surface area (Å²) in [5.41, 5.74) is 12.9. The fraction of sp³-hybridized carbons (Fsp3) is 0.500. The van der Waals surface area contributed by atoms with E-state index in [1.165, 1.54) is 19.3 Å². The molecule has 2 unspecified atom stereocenters. The highest BCUT2D eigenvalue weighted by atomic mass is 79.9. The number of amides is 1. The Morgan fingerprint density at radius 1 is 1.26 bits per heavy atom. The van der Waals surface area contributed by atoms with Crippen molar-refractivity contribution in [2.75, 3.05) is 5.32 Å². The summed E-state index contributed by atoms with van der Waals surface area (Å²) in [6, 6.07) is 5.83. The molecule has 2 atom stereocenters. The standard InChI is InChI=1S/C14H20BrN3O/c15-10-8-9(14(17)19)6-7-12(10)18-13-5-3-1-2-4-11(13)16/h6-8,11,13,18H,1-5,16H2,(H2,17,19). The second kappa shape index (κ2) is 6.39. The Bertz CT molecular complexity index is 464. The SMILES string of the molecule is NC(=O)c1ccc(NC2CCCCCC2N)c(Br)c1. The zero-order valence-corrected chi connectivity index (χ0v) is 12.4. The highest BCUT2D eigenvalue weighted by Crippen LogP contribution is 2.27. The van der Waals surface area contributed by atoms with E-state index in [1.807, 2.05) is 6.07 Å². The van der Waals surface area contributed by atoms with Gasteiger partial charge in [-0.2, -0.15) is 0 Å². The van der Waals surface area contributed by atoms with E-state index in [0.29, 0.717) is 11.6 Å². The third-order valence-electron chi connectivity index (χ3n) is 3.66. The molecule has 1 fully saturated rings. The first-order valence-electron chi connectivity index (χ1n) is 6.69. The van der Waals surface area contributed by atoms with E-state index in [4.69, 9.17) is 11.5 Å². The number of carbonyl (C=O) groups excluding carboxylic acids is 1. The molecule has 5 heteroatoms. The maximum absolute atomic E-state index is 11.1. The van der Waals surface area contributed by atoms with E-state index in [0.717, 1.165) is 23.0 Å². The van der Waals surface area contributed by atoms with Crippen molar-refractivity contribution < 1.29 is 4.79 Å². The molecule has 5 N–H and O–H groups in total. The minimum Gasteiger partial charge on any atom is -0.380 e. The number of anilines is 1. The van der Waals surface area contributed by atoms with Crippen LogP contribution in [0, 0.1) is 0 Å². The molecule has 1 aromatic carbocycles. The molecule has 0 aromatic heterocycles. The van der Waals surface area contributed by atoms with E-state index in [1.54, 1.807) is 12.1 Å². The van der Waals surface area contributed by atoms with Crippen molar-refractivity contribution in [3.8, 4) is 0 Å². The van der Waals surface area contributed by atoms with Gasteiger partial charge < -0.3 is 16.8 Å². The third-order valence-corrected chi connectivity index (χ3v) is 4.32. The molecule has 19 heavy (non-hydrogen) atoms. The van der Waals surface area contributed by atoms with Gasteiger partial charge in [-0.15, -0.1) is 0 Å². The molecule has 0 spiro atoms. The summed E-state index contributed by atoms with van der Waals surface area (Å²) < 4.78 is 0.847. The molecule has 0 saturated heterocycles. The number of hydrogen-bond acceptors (Lipinski definition) is 3. The lowest BCUT2D eigenvalue weighted by Gasteiger charge is -2.24. The van der Waals surface area contributed by atoms with E-state index >= 15 is 0 Å². The first kappa shape index (κ1) is 14.3. The van der Waals surface area contributed by atoms with Crippen LogP contribution in [0.3, 0.4) is 0 Å². The minimum atomic E-state index is -0.418. The van der Waals surface area contributed by atoms with Crippen LogP contribution >= 0.6 is 15.9 Å². The van der Waals surface area contributed by atoms with Crippen molar-refractivity contribution in [1.82, 2.24) is 0 Å². The quantitative estimate of drug-likeness (QED) is 0.747. The zero-order valence-electron chi connectivity index (χ0n) is 10.9. The fourth-order valence-corrected chi connectivity index (χ4v) is 2.99. The van der Waals surface area contributed by atoms with Crippen LogP contribution in [0.1, 0.15) is 42.5 Å². The molecule has 104 valence electrons. The Kier molecular flexibility index (Phi) is 4.82. The average Bonchev–Trinajstić information content (AvgIpc) is 2.57. The third kappa shape index (κ3) is 3.70. The maximum Gasteiger partial charge on any atom is 0.248 e. The molecule has 1 aliphatic rings. The van der Waals surface area contributed by atoms with E-state index < -0.39 is 5.91 Å². The van der Waals surface area contributed by atoms with Crippen molar-refractivity contribution in [1.29, 1.82) is 0 Å². The number of hydrogen-bond donors (Lipinski definition) is 3. The number of benzene rings is 1. The molecular formula is C14H20BrN3O. The Hall–Kier alpha value is -1.07. The lowest BCUT2D eigenvalue weighted by molar-refractivity contribution is 0.100. The Morgan fingerprint density at radius 2 is 2.00 bits per heavy atom. The topological polar surface area (TPSA) is 81.1 Å². The van der Waals surface area contributed by atoms with Crippen LogP contribution in [0.5, 0.6) is 0 Å². The molecule has 0 heterocycles. The predicted molar refractivity (Wildman–Crippen MR) is 81.1 cm³/mol. The highest BCUT2D eigenvalue weighted by molar-refractivity contribution is 9.10. The molecule has 1 aliphatic carbocycles. The van der Waals surface area contributed by atoms with E-state index in [-0.39, 0.29) is 6.04 Å². The van der Waals surface area contributed by atoms with Crippen LogP contribution in [0.4, 0.5) is 5.69 Å². The number of nitrogens with one attached hydrogen (secondary N) is 1. The van der Waals surface area contributed by atoms with Gasteiger partial charge in [0.1, 0.15) is 0 Å². The summed E-state index contributed by atoms with van der Waals surface area (Å²) in [6.07, 6.45) is 5.83. The van der Waals surface area contributed by atoms with Gasteiger partial charge in [-0.05, 0) is 47.0 Å². The lowest BCUT2D eigenvalue weighted by atomic mass is 10.0. The van der Waals surface area contributed by atoms with Crippen molar-refractivity contribution >= 4 is 27.5 Å². The van der Waals surface area contributed by atoms with Crippen LogP contribution in [-0.4, -0.2) is 18.0 Å². The number of nitrogens with two attached hydrogens (primary N) is 2. The van der Waals surface area contributed by atoms with Gasteiger partial charge >= 0.3 is 0 Å². The van der Waals surface area contributed by atoms with Gasteiger partial charge in [-0.1, -0.05) is 19.3 Å². The molecule has 4 nitrogen and oxygen atoms in total. The average molecular weight is 326 g/mol. The second-order valence-corrected chi connectivity index (χ2v) is 5.97. The minimum absolute atomic E-state index is 0.185. The van der Waals surface area contributed by atoms with Crippen LogP contribution in [-0.2, 0) is 0 Å². The van der Waals surface area contributed by atoms with Crippen molar-refractivity contribution in [2.45, 2.75) is 44.2 Å². The van der Waals surface area contributed by atoms with Gasteiger partial charge in [0.05, 0.1) is 0 Å². The monoisotopic (exact) mass is 325 g/mol. The largest absolute Gasteiger partial charge is 0.380 e. The highest BCUT2D eigenvalue weighted by Gasteiger charge is 2.20. The van der Waals surface area contributed by atoms with Crippen molar-refractivity contribution in [2.24, 2.45) is 11.5 Å². The van der Waals surface area contributed by atoms with Crippen molar-refractivity contribution in [3.63, 3.8) is 0 Å². The van der Waals surface area contributed by atoms with Gasteiger partial charge in [0.25, 0.3) is 0 Å². The molecule has 1 saturated carbocycles. The first-order chi connectivity index (χ1) is 9.08. The fourth-order valence-electron chi connectivity index (χ4n) is 2.50. The van der Waals surface area contributed by atoms with Crippen LogP contribution in [0.2, 0.25) is 0 Å². The molecular weight excluding hydrogens is 306 g/mol. The molecule has 0 aliphatic heterocycles. The number of carbonyl (C=O) groups is 1. The van der Waals surface area contributed by atoms with Gasteiger partial charge in [-0.25, -0.2) is 0 Å². The van der Waals surface area contributed by atoms with Crippen LogP contribution in [0.25, 0.3) is 0 Å². The van der Waals surface area contributed by atoms with Crippen molar-refractivity contribution in [3.05, 3.63) is 28.2 Å². The summed E-state index contributed by atoms with van der Waals surface area (Å²) in [5.74, 6) is -0.418. The molecule has 0 radical (unpaired) electrons. The summed E-state index contributed by atoms with van der Waals surface area (Å²) in [4.78, 5) is 11.1. The number of primary amides is 1. The molecule has 1 amide bonds. The maximum atomic E-state index is 11.1. The smallest absolute Gasteiger partial charge is 0.248 e. The molecule has 1 aromatic rings. The molecule has 2 rings (SSSR count). The summed E-state index contributed by atoms with van der Waals surface area (Å²) >= 11 is 3.47. The normalized spacial score (nSPS) is 23.7.